The molecule has 3 rings (SSSR count). The van der Waals surface area contributed by atoms with Gasteiger partial charge in [-0.1, -0.05) is 42.5 Å². The van der Waals surface area contributed by atoms with Gasteiger partial charge in [-0.15, -0.1) is 0 Å². The van der Waals surface area contributed by atoms with Crippen LogP contribution in [0.1, 0.15) is 22.3 Å². The number of ether oxygens (including phenoxy) is 2. The van der Waals surface area contributed by atoms with Crippen molar-refractivity contribution in [1.29, 1.82) is 0 Å². The van der Waals surface area contributed by atoms with Crippen molar-refractivity contribution < 1.29 is 27.8 Å². The summed E-state index contributed by atoms with van der Waals surface area (Å²) in [6.07, 6.45) is 5.40. The number of carbonyl (C=O) groups excluding carboxylic acids is 2. The fourth-order valence-corrected chi connectivity index (χ4v) is 2.76. The van der Waals surface area contributed by atoms with Crippen molar-refractivity contribution in [3.8, 4) is 0 Å². The van der Waals surface area contributed by atoms with Gasteiger partial charge in [0.2, 0.25) is 0 Å². The van der Waals surface area contributed by atoms with Crippen LogP contribution >= 0.6 is 0 Å². The van der Waals surface area contributed by atoms with Gasteiger partial charge in [0.1, 0.15) is 24.8 Å². The Morgan fingerprint density at radius 3 is 1.53 bits per heavy atom. The van der Waals surface area contributed by atoms with Gasteiger partial charge in [0.05, 0.1) is 0 Å². The fourth-order valence-electron chi connectivity index (χ4n) is 2.76. The van der Waals surface area contributed by atoms with Gasteiger partial charge in [-0.05, 0) is 64.7 Å². The van der Waals surface area contributed by atoms with Crippen LogP contribution in [0, 0.1) is 11.6 Å². The van der Waals surface area contributed by atoms with Crippen LogP contribution < -0.4 is 0 Å². The first-order valence-electron chi connectivity index (χ1n) is 9.76. The molecule has 0 unspecified atom stereocenters. The van der Waals surface area contributed by atoms with Gasteiger partial charge in [0.15, 0.2) is 0 Å². The van der Waals surface area contributed by atoms with Crippen LogP contribution in [-0.4, -0.2) is 11.9 Å². The van der Waals surface area contributed by atoms with Crippen LogP contribution in [0.3, 0.4) is 0 Å². The van der Waals surface area contributed by atoms with Crippen LogP contribution in [0.25, 0.3) is 12.2 Å². The van der Waals surface area contributed by atoms with Crippen molar-refractivity contribution in [1.82, 2.24) is 0 Å². The minimum Gasteiger partial charge on any atom is -0.458 e. The highest BCUT2D eigenvalue weighted by molar-refractivity contribution is 5.87. The molecule has 162 valence electrons. The molecule has 0 amide bonds. The van der Waals surface area contributed by atoms with E-state index in [2.05, 4.69) is 0 Å². The molecular weight excluding hydrogens is 414 g/mol. The Morgan fingerprint density at radius 2 is 1.09 bits per heavy atom. The van der Waals surface area contributed by atoms with Crippen LogP contribution in [0.2, 0.25) is 0 Å². The third-order valence-corrected chi connectivity index (χ3v) is 4.27. The zero-order chi connectivity index (χ0) is 22.8. The predicted molar refractivity (Wildman–Crippen MR) is 117 cm³/mol. The summed E-state index contributed by atoms with van der Waals surface area (Å²) in [6, 6.07) is 18.8. The second-order valence-electron chi connectivity index (χ2n) is 6.81. The van der Waals surface area contributed by atoms with E-state index in [1.807, 2.05) is 0 Å². The van der Waals surface area contributed by atoms with E-state index in [1.165, 1.54) is 48.6 Å². The van der Waals surface area contributed by atoms with E-state index in [-0.39, 0.29) is 24.8 Å². The summed E-state index contributed by atoms with van der Waals surface area (Å²) in [5, 5.41) is 0. The van der Waals surface area contributed by atoms with Crippen molar-refractivity contribution in [3.63, 3.8) is 0 Å². The third kappa shape index (κ3) is 7.65. The number of hydrogen-bond donors (Lipinski definition) is 0. The number of benzene rings is 3. The first-order valence-corrected chi connectivity index (χ1v) is 9.76. The molecule has 0 saturated carbocycles. The van der Waals surface area contributed by atoms with Gasteiger partial charge in [0, 0.05) is 12.2 Å². The molecule has 32 heavy (non-hydrogen) atoms. The van der Waals surface area contributed by atoms with Crippen LogP contribution in [0.4, 0.5) is 8.78 Å². The maximum Gasteiger partial charge on any atom is 0.331 e. The quantitative estimate of drug-likeness (QED) is 0.348. The SMILES string of the molecule is O=C(C=Cc1cccc(F)c1)OCc1cccc(COC(=O)C=Cc2cccc(F)c2)c1. The summed E-state index contributed by atoms with van der Waals surface area (Å²) in [5.74, 6) is -1.90. The minimum absolute atomic E-state index is 0.0353. The highest BCUT2D eigenvalue weighted by Gasteiger charge is 2.03. The second-order valence-corrected chi connectivity index (χ2v) is 6.81. The van der Waals surface area contributed by atoms with Gasteiger partial charge in [-0.25, -0.2) is 18.4 Å². The Morgan fingerprint density at radius 1 is 0.656 bits per heavy atom. The summed E-state index contributed by atoms with van der Waals surface area (Å²) >= 11 is 0. The highest BCUT2D eigenvalue weighted by atomic mass is 19.1. The summed E-state index contributed by atoms with van der Waals surface area (Å²) in [4.78, 5) is 23.8. The van der Waals surface area contributed by atoms with E-state index in [0.717, 1.165) is 11.1 Å². The Kier molecular flexibility index (Phi) is 8.03. The van der Waals surface area contributed by atoms with Crippen molar-refractivity contribution in [2.24, 2.45) is 0 Å². The Bertz CT molecular complexity index is 1070. The molecule has 0 aliphatic heterocycles. The van der Waals surface area contributed by atoms with Gasteiger partial charge in [-0.3, -0.25) is 0 Å². The molecule has 4 nitrogen and oxygen atoms in total. The minimum atomic E-state index is -0.562. The average Bonchev–Trinajstić information content (AvgIpc) is 2.79. The molecule has 0 bridgehead atoms. The molecule has 0 spiro atoms. The molecule has 0 heterocycles. The number of halogens is 2. The van der Waals surface area contributed by atoms with Crippen molar-refractivity contribution in [2.75, 3.05) is 0 Å². The molecule has 3 aromatic carbocycles. The van der Waals surface area contributed by atoms with E-state index in [0.29, 0.717) is 11.1 Å². The fraction of sp³-hybridized carbons (Fsp3) is 0.0769. The standard InChI is InChI=1S/C26H20F2O4/c27-23-8-2-4-19(15-23)10-12-25(29)31-17-21-6-1-7-22(14-21)18-32-26(30)13-11-20-5-3-9-24(28)16-20/h1-16H,17-18H2. The van der Waals surface area contributed by atoms with Crippen molar-refractivity contribution >= 4 is 24.1 Å². The van der Waals surface area contributed by atoms with Crippen molar-refractivity contribution in [3.05, 3.63) is 119 Å². The molecule has 0 aliphatic rings. The summed E-state index contributed by atoms with van der Waals surface area (Å²) in [7, 11) is 0. The van der Waals surface area contributed by atoms with Crippen molar-refractivity contribution in [2.45, 2.75) is 13.2 Å². The molecule has 0 fully saturated rings. The lowest BCUT2D eigenvalue weighted by molar-refractivity contribution is -0.139. The summed E-state index contributed by atoms with van der Waals surface area (Å²) in [6.45, 7) is 0.0706. The Labute approximate surface area is 184 Å². The summed E-state index contributed by atoms with van der Waals surface area (Å²) in [5.41, 5.74) is 2.55. The number of esters is 2. The zero-order valence-electron chi connectivity index (χ0n) is 17.0. The van der Waals surface area contributed by atoms with E-state index in [4.69, 9.17) is 9.47 Å². The lowest BCUT2D eigenvalue weighted by Gasteiger charge is -2.06. The Hall–Kier alpha value is -4.06. The average molecular weight is 434 g/mol. The monoisotopic (exact) mass is 434 g/mol. The van der Waals surface area contributed by atoms with E-state index >= 15 is 0 Å². The van der Waals surface area contributed by atoms with Gasteiger partial charge >= 0.3 is 11.9 Å². The van der Waals surface area contributed by atoms with E-state index in [1.54, 1.807) is 48.5 Å². The maximum absolute atomic E-state index is 13.1. The molecule has 0 radical (unpaired) electrons. The largest absolute Gasteiger partial charge is 0.458 e. The molecule has 0 saturated heterocycles. The van der Waals surface area contributed by atoms with Crippen LogP contribution in [-0.2, 0) is 32.3 Å². The van der Waals surface area contributed by atoms with Crippen LogP contribution in [0.5, 0.6) is 0 Å². The lowest BCUT2D eigenvalue weighted by Crippen LogP contribution is -2.03. The van der Waals surface area contributed by atoms with Crippen LogP contribution in [0.15, 0.2) is 84.9 Å². The molecule has 3 aromatic rings. The second kappa shape index (κ2) is 11.4. The number of rotatable bonds is 8. The normalized spacial score (nSPS) is 11.1. The smallest absolute Gasteiger partial charge is 0.331 e. The van der Waals surface area contributed by atoms with Gasteiger partial charge in [-0.2, -0.15) is 0 Å². The zero-order valence-corrected chi connectivity index (χ0v) is 17.0. The van der Waals surface area contributed by atoms with E-state index in [9.17, 15) is 18.4 Å². The molecule has 0 atom stereocenters. The number of carbonyl (C=O) groups is 2. The van der Waals surface area contributed by atoms with Gasteiger partial charge < -0.3 is 9.47 Å². The maximum atomic E-state index is 13.1. The molecule has 0 aromatic heterocycles. The first kappa shape index (κ1) is 22.6. The number of hydrogen-bond acceptors (Lipinski definition) is 4. The van der Waals surface area contributed by atoms with Gasteiger partial charge in [0.25, 0.3) is 0 Å². The predicted octanol–water partition coefficient (Wildman–Crippen LogP) is 5.48. The third-order valence-electron chi connectivity index (χ3n) is 4.27. The lowest BCUT2D eigenvalue weighted by atomic mass is 10.1. The summed E-state index contributed by atoms with van der Waals surface area (Å²) < 4.78 is 36.7. The Balaban J connectivity index is 1.47. The molecule has 0 aliphatic carbocycles. The topological polar surface area (TPSA) is 52.6 Å². The molecular formula is C26H20F2O4. The first-order chi connectivity index (χ1) is 15.5. The van der Waals surface area contributed by atoms with E-state index < -0.39 is 11.9 Å². The highest BCUT2D eigenvalue weighted by Crippen LogP contribution is 2.10. The molecule has 6 heteroatoms. The molecule has 0 N–H and O–H groups in total.